The van der Waals surface area contributed by atoms with Gasteiger partial charge in [0.05, 0.1) is 52.9 Å². The van der Waals surface area contributed by atoms with Gasteiger partial charge in [0.15, 0.2) is 0 Å². The van der Waals surface area contributed by atoms with Gasteiger partial charge in [-0.1, -0.05) is 182 Å². The minimum atomic E-state index is -1.40. The molecule has 6 aromatic rings. The Kier molecular flexibility index (Phi) is 15.0. The zero-order valence-corrected chi connectivity index (χ0v) is 35.9. The third-order valence-electron chi connectivity index (χ3n) is 11.9. The van der Waals surface area contributed by atoms with Crippen LogP contribution < -0.4 is 0 Å². The molecule has 2 spiro atoms. The van der Waals surface area contributed by atoms with E-state index in [1.807, 2.05) is 182 Å². The van der Waals surface area contributed by atoms with Crippen molar-refractivity contribution in [2.24, 2.45) is 0 Å². The van der Waals surface area contributed by atoms with Crippen molar-refractivity contribution in [1.82, 2.24) is 0 Å². The van der Waals surface area contributed by atoms with Gasteiger partial charge in [0.25, 0.3) is 0 Å². The average molecular weight is 865 g/mol. The molecular weight excluding hydrogens is 809 g/mol. The van der Waals surface area contributed by atoms with E-state index in [1.54, 1.807) is 0 Å². The maximum Gasteiger partial charge on any atom is 0.222 e. The van der Waals surface area contributed by atoms with Crippen molar-refractivity contribution in [1.29, 1.82) is 0 Å². The van der Waals surface area contributed by atoms with Crippen molar-refractivity contribution < 1.29 is 47.4 Å². The molecule has 6 aromatic carbocycles. The summed E-state index contributed by atoms with van der Waals surface area (Å²) in [6.07, 6.45) is -3.81. The molecule has 0 saturated carbocycles. The maximum absolute atomic E-state index is 7.04. The Balaban J connectivity index is 1.02. The van der Waals surface area contributed by atoms with Gasteiger partial charge in [-0.3, -0.25) is 0 Å². The predicted molar refractivity (Wildman–Crippen MR) is 239 cm³/mol. The third-order valence-corrected chi connectivity index (χ3v) is 11.9. The predicted octanol–water partition coefficient (Wildman–Crippen LogP) is 9.00. The highest BCUT2D eigenvalue weighted by atomic mass is 16.8. The quantitative estimate of drug-likeness (QED) is 0.0834. The number of hydrogen-bond donors (Lipinski definition) is 0. The second kappa shape index (κ2) is 21.7. The molecule has 3 aliphatic rings. The summed E-state index contributed by atoms with van der Waals surface area (Å²) in [5.74, 6) is -2.80. The Morgan fingerprint density at radius 1 is 0.312 bits per heavy atom. The highest BCUT2D eigenvalue weighted by Gasteiger charge is 2.63. The highest BCUT2D eigenvalue weighted by Crippen LogP contribution is 2.44. The summed E-state index contributed by atoms with van der Waals surface area (Å²) >= 11 is 0. The summed E-state index contributed by atoms with van der Waals surface area (Å²) in [6.45, 7) is 2.15. The minimum Gasteiger partial charge on any atom is -0.368 e. The van der Waals surface area contributed by atoms with Gasteiger partial charge in [-0.05, 0) is 33.4 Å². The summed E-state index contributed by atoms with van der Waals surface area (Å²) < 4.78 is 68.5. The van der Waals surface area contributed by atoms with Crippen LogP contribution in [0.5, 0.6) is 0 Å². The van der Waals surface area contributed by atoms with Crippen LogP contribution in [0, 0.1) is 0 Å². The second-order valence-corrected chi connectivity index (χ2v) is 16.4. The monoisotopic (exact) mass is 864 g/mol. The smallest absolute Gasteiger partial charge is 0.222 e. The molecule has 10 heteroatoms. The van der Waals surface area contributed by atoms with E-state index in [9.17, 15) is 0 Å². The molecule has 0 aliphatic carbocycles. The van der Waals surface area contributed by atoms with Crippen molar-refractivity contribution in [2.75, 3.05) is 26.4 Å². The minimum absolute atomic E-state index is 0.0603. The van der Waals surface area contributed by atoms with Crippen LogP contribution in [-0.4, -0.2) is 74.6 Å². The molecule has 0 amide bonds. The molecule has 3 heterocycles. The Hall–Kier alpha value is -5.08. The first-order chi connectivity index (χ1) is 31.6. The fraction of sp³-hybridized carbons (Fsp3) is 0.333. The molecule has 0 radical (unpaired) electrons. The molecule has 9 rings (SSSR count). The fourth-order valence-electron chi connectivity index (χ4n) is 8.44. The van der Waals surface area contributed by atoms with Gasteiger partial charge in [-0.2, -0.15) is 0 Å². The van der Waals surface area contributed by atoms with Crippen molar-refractivity contribution in [2.45, 2.75) is 87.8 Å². The summed E-state index contributed by atoms with van der Waals surface area (Å²) in [4.78, 5) is 0. The molecule has 3 aliphatic heterocycles. The number of rotatable bonds is 18. The van der Waals surface area contributed by atoms with E-state index in [2.05, 4.69) is 0 Å². The van der Waals surface area contributed by atoms with Crippen molar-refractivity contribution in [3.8, 4) is 0 Å². The molecule has 0 N–H and O–H groups in total. The lowest BCUT2D eigenvalue weighted by Crippen LogP contribution is -2.74. The summed E-state index contributed by atoms with van der Waals surface area (Å²) in [6, 6.07) is 60.4. The van der Waals surface area contributed by atoms with Gasteiger partial charge in [0, 0.05) is 0 Å². The average Bonchev–Trinajstić information content (AvgIpc) is 3.36. The first kappa shape index (κ1) is 44.1. The molecule has 0 unspecified atom stereocenters. The van der Waals surface area contributed by atoms with Crippen molar-refractivity contribution in [3.05, 3.63) is 215 Å². The van der Waals surface area contributed by atoms with Gasteiger partial charge in [-0.15, -0.1) is 0 Å². The number of ether oxygens (including phenoxy) is 10. The maximum atomic E-state index is 7.04. The molecule has 332 valence electrons. The van der Waals surface area contributed by atoms with E-state index < -0.39 is 48.2 Å². The highest BCUT2D eigenvalue weighted by molar-refractivity contribution is 5.19. The number of benzene rings is 6. The molecular formula is C54H56O10. The van der Waals surface area contributed by atoms with Gasteiger partial charge in [0.2, 0.25) is 11.6 Å². The van der Waals surface area contributed by atoms with Crippen LogP contribution in [0.4, 0.5) is 0 Å². The molecule has 3 fully saturated rings. The second-order valence-electron chi connectivity index (χ2n) is 16.4. The Morgan fingerprint density at radius 3 is 0.828 bits per heavy atom. The van der Waals surface area contributed by atoms with Gasteiger partial charge >= 0.3 is 0 Å². The van der Waals surface area contributed by atoms with Crippen LogP contribution in [0.2, 0.25) is 0 Å². The Labute approximate surface area is 375 Å². The van der Waals surface area contributed by atoms with Gasteiger partial charge in [0.1, 0.15) is 49.8 Å². The van der Waals surface area contributed by atoms with Crippen LogP contribution >= 0.6 is 0 Å². The number of hydrogen-bond acceptors (Lipinski definition) is 10. The van der Waals surface area contributed by atoms with Crippen molar-refractivity contribution >= 4 is 0 Å². The summed E-state index contributed by atoms with van der Waals surface area (Å²) in [7, 11) is 0. The van der Waals surface area contributed by atoms with Crippen LogP contribution in [0.15, 0.2) is 182 Å². The van der Waals surface area contributed by atoms with E-state index in [0.29, 0.717) is 26.4 Å². The standard InChI is InChI=1S/C54H56O10/c1-7-19-41(20-8-1)31-55-47-37-61-53(51(59-35-45-27-15-5-16-28-45)49(47)57-33-43-23-11-3-12-24-43)39-64-54(40-63-53)52(60-36-46-29-17-6-18-30-46)50(58-34-44-25-13-4-14-26-44)48(38-62-54)56-32-42-21-9-2-10-22-42/h1-30,47-52H,31-40H2/t47-,48-,49-,50-,51+,52+,53+,54+/m1/s1. The Morgan fingerprint density at radius 2 is 0.562 bits per heavy atom. The van der Waals surface area contributed by atoms with E-state index in [4.69, 9.17) is 47.4 Å². The van der Waals surface area contributed by atoms with Crippen molar-refractivity contribution in [3.63, 3.8) is 0 Å². The summed E-state index contributed by atoms with van der Waals surface area (Å²) in [5.41, 5.74) is 6.10. The van der Waals surface area contributed by atoms with Crippen LogP contribution in [0.25, 0.3) is 0 Å². The Bertz CT molecular complexity index is 2080. The molecule has 10 nitrogen and oxygen atoms in total. The lowest BCUT2D eigenvalue weighted by molar-refractivity contribution is -0.460. The molecule has 0 bridgehead atoms. The molecule has 0 aromatic heterocycles. The van der Waals surface area contributed by atoms with Crippen LogP contribution in [0.1, 0.15) is 33.4 Å². The molecule has 3 saturated heterocycles. The first-order valence-electron chi connectivity index (χ1n) is 22.1. The lowest BCUT2D eigenvalue weighted by atomic mass is 9.92. The summed E-state index contributed by atoms with van der Waals surface area (Å²) in [5, 5.41) is 0. The third kappa shape index (κ3) is 11.0. The van der Waals surface area contributed by atoms with E-state index in [1.165, 1.54) is 0 Å². The lowest BCUT2D eigenvalue weighted by Gasteiger charge is -2.56. The topological polar surface area (TPSA) is 92.3 Å². The SMILES string of the molecule is c1ccc(CO[C@@H]2[C@H](OCc3ccccc3)CO[C@]3(CO[C@]4(CO3)OC[C@@H](OCc3ccccc3)[C@@H](OCc3ccccc3)[C@@H]4OCc3ccccc3)[C@H]2OCc2ccccc2)cc1. The zero-order valence-electron chi connectivity index (χ0n) is 35.9. The van der Waals surface area contributed by atoms with E-state index in [-0.39, 0.29) is 39.6 Å². The van der Waals surface area contributed by atoms with Crippen LogP contribution in [0.3, 0.4) is 0 Å². The normalized spacial score (nSPS) is 26.8. The van der Waals surface area contributed by atoms with Gasteiger partial charge in [-0.25, -0.2) is 0 Å². The van der Waals surface area contributed by atoms with Gasteiger partial charge < -0.3 is 47.4 Å². The zero-order chi connectivity index (χ0) is 43.3. The van der Waals surface area contributed by atoms with Crippen LogP contribution in [-0.2, 0) is 87.0 Å². The fourth-order valence-corrected chi connectivity index (χ4v) is 8.44. The largest absolute Gasteiger partial charge is 0.368 e. The van der Waals surface area contributed by atoms with E-state index in [0.717, 1.165) is 33.4 Å². The molecule has 8 atom stereocenters. The van der Waals surface area contributed by atoms with E-state index >= 15 is 0 Å². The first-order valence-corrected chi connectivity index (χ1v) is 22.1. The molecule has 64 heavy (non-hydrogen) atoms.